The van der Waals surface area contributed by atoms with E-state index in [-0.39, 0.29) is 0 Å². The number of hydrogen-bond acceptors (Lipinski definition) is 0. The molecule has 0 amide bonds. The van der Waals surface area contributed by atoms with Gasteiger partial charge in [0, 0.05) is 0 Å². The lowest BCUT2D eigenvalue weighted by Gasteiger charge is -2.09. The molecule has 0 N–H and O–H groups in total. The van der Waals surface area contributed by atoms with Gasteiger partial charge in [0.05, 0.1) is 0 Å². The smallest absolute Gasteiger partial charge is 0.0259 e. The van der Waals surface area contributed by atoms with Crippen molar-refractivity contribution in [3.05, 3.63) is 24.8 Å². The normalized spacial score (nSPS) is 12.5. The lowest BCUT2D eigenvalue weighted by atomic mass is 9.97. The Balaban J connectivity index is 3.43. The quantitative estimate of drug-likeness (QED) is 0.506. The number of rotatable bonds is 6. The van der Waals surface area contributed by atoms with E-state index < -0.39 is 0 Å². The van der Waals surface area contributed by atoms with E-state index in [1.807, 2.05) is 6.08 Å². The van der Waals surface area contributed by atoms with Crippen LogP contribution in [-0.4, -0.2) is 0 Å². The van der Waals surface area contributed by atoms with Gasteiger partial charge in [-0.1, -0.05) is 57.9 Å². The average Bonchev–Trinajstić information content (AvgIpc) is 2.00. The Hall–Kier alpha value is -0.520. The second-order valence-electron chi connectivity index (χ2n) is 3.31. The minimum Gasteiger partial charge on any atom is -0.0988 e. The van der Waals surface area contributed by atoms with E-state index in [4.69, 9.17) is 0 Å². The lowest BCUT2D eigenvalue weighted by molar-refractivity contribution is 0.506. The molecular formula is C11H20. The van der Waals surface area contributed by atoms with Crippen molar-refractivity contribution in [2.75, 3.05) is 0 Å². The Morgan fingerprint density at radius 2 is 2.18 bits per heavy atom. The van der Waals surface area contributed by atoms with Crippen LogP contribution in [0.3, 0.4) is 0 Å². The van der Waals surface area contributed by atoms with Crippen molar-refractivity contribution in [3.63, 3.8) is 0 Å². The van der Waals surface area contributed by atoms with Crippen molar-refractivity contribution >= 4 is 0 Å². The van der Waals surface area contributed by atoms with Gasteiger partial charge in [-0.3, -0.25) is 0 Å². The molecule has 0 radical (unpaired) electrons. The van der Waals surface area contributed by atoms with Gasteiger partial charge in [-0.25, -0.2) is 0 Å². The second-order valence-corrected chi connectivity index (χ2v) is 3.31. The van der Waals surface area contributed by atoms with Gasteiger partial charge in [-0.2, -0.15) is 0 Å². The van der Waals surface area contributed by atoms with E-state index in [9.17, 15) is 0 Å². The zero-order chi connectivity index (χ0) is 8.69. The molecule has 0 aliphatic carbocycles. The van der Waals surface area contributed by atoms with Crippen LogP contribution in [0.25, 0.3) is 0 Å². The van der Waals surface area contributed by atoms with E-state index in [1.54, 1.807) is 0 Å². The first-order valence-electron chi connectivity index (χ1n) is 4.50. The molecule has 0 saturated heterocycles. The summed E-state index contributed by atoms with van der Waals surface area (Å²) in [6.07, 6.45) is 6.94. The summed E-state index contributed by atoms with van der Waals surface area (Å²) in [5.41, 5.74) is 1.17. The van der Waals surface area contributed by atoms with E-state index in [0.29, 0.717) is 0 Å². The van der Waals surface area contributed by atoms with Crippen LogP contribution in [0.2, 0.25) is 0 Å². The maximum atomic E-state index is 3.90. The summed E-state index contributed by atoms with van der Waals surface area (Å²) in [5, 5.41) is 0. The first-order valence-corrected chi connectivity index (χ1v) is 4.50. The number of unbranched alkanes of at least 4 members (excludes halogenated alkanes) is 1. The van der Waals surface area contributed by atoms with Gasteiger partial charge < -0.3 is 0 Å². The van der Waals surface area contributed by atoms with E-state index in [2.05, 4.69) is 27.0 Å². The monoisotopic (exact) mass is 152 g/mol. The van der Waals surface area contributed by atoms with E-state index in [0.717, 1.165) is 12.3 Å². The summed E-state index contributed by atoms with van der Waals surface area (Å²) in [7, 11) is 0. The molecule has 0 heteroatoms. The third-order valence-electron chi connectivity index (χ3n) is 1.95. The summed E-state index contributed by atoms with van der Waals surface area (Å²) in [6, 6.07) is 0. The van der Waals surface area contributed by atoms with Crippen molar-refractivity contribution in [2.45, 2.75) is 39.5 Å². The topological polar surface area (TPSA) is 0 Å². The zero-order valence-electron chi connectivity index (χ0n) is 7.90. The highest BCUT2D eigenvalue weighted by atomic mass is 14.1. The van der Waals surface area contributed by atoms with Gasteiger partial charge in [0.1, 0.15) is 0 Å². The molecule has 0 saturated carbocycles. The molecule has 11 heavy (non-hydrogen) atoms. The molecular weight excluding hydrogens is 132 g/mol. The van der Waals surface area contributed by atoms with Gasteiger partial charge in [-0.05, 0) is 12.3 Å². The Kier molecular flexibility index (Phi) is 5.91. The van der Waals surface area contributed by atoms with Gasteiger partial charge in [0.15, 0.2) is 0 Å². The molecule has 0 heterocycles. The van der Waals surface area contributed by atoms with Crippen LogP contribution in [0.5, 0.6) is 0 Å². The predicted octanol–water partition coefficient (Wildman–Crippen LogP) is 3.95. The summed E-state index contributed by atoms with van der Waals surface area (Å²) in [5.74, 6) is 0.778. The first kappa shape index (κ1) is 10.5. The van der Waals surface area contributed by atoms with Crippen LogP contribution in [0.1, 0.15) is 39.5 Å². The van der Waals surface area contributed by atoms with Gasteiger partial charge in [0.25, 0.3) is 0 Å². The van der Waals surface area contributed by atoms with Crippen LogP contribution in [0.15, 0.2) is 24.8 Å². The molecule has 0 aliphatic rings. The SMILES string of the molecule is C=CC(=C)CC(C)CCCC. The largest absolute Gasteiger partial charge is 0.0988 e. The van der Waals surface area contributed by atoms with Crippen LogP contribution in [-0.2, 0) is 0 Å². The molecule has 0 aliphatic heterocycles. The van der Waals surface area contributed by atoms with Crippen LogP contribution < -0.4 is 0 Å². The fourth-order valence-corrected chi connectivity index (χ4v) is 1.19. The number of allylic oxidation sites excluding steroid dienone is 2. The summed E-state index contributed by atoms with van der Waals surface area (Å²) < 4.78 is 0. The highest BCUT2D eigenvalue weighted by molar-refractivity contribution is 5.10. The molecule has 0 rings (SSSR count). The molecule has 1 unspecified atom stereocenters. The van der Waals surface area contributed by atoms with Crippen molar-refractivity contribution in [2.24, 2.45) is 5.92 Å². The highest BCUT2D eigenvalue weighted by Gasteiger charge is 2.00. The van der Waals surface area contributed by atoms with Crippen molar-refractivity contribution in [3.8, 4) is 0 Å². The van der Waals surface area contributed by atoms with Crippen LogP contribution >= 0.6 is 0 Å². The molecule has 0 aromatic carbocycles. The molecule has 0 fully saturated rings. The van der Waals surface area contributed by atoms with Gasteiger partial charge >= 0.3 is 0 Å². The highest BCUT2D eigenvalue weighted by Crippen LogP contribution is 2.16. The fraction of sp³-hybridized carbons (Fsp3) is 0.636. The van der Waals surface area contributed by atoms with E-state index >= 15 is 0 Å². The Bertz CT molecular complexity index is 122. The first-order chi connectivity index (χ1) is 5.20. The van der Waals surface area contributed by atoms with Gasteiger partial charge in [-0.15, -0.1) is 0 Å². The van der Waals surface area contributed by atoms with Crippen LogP contribution in [0.4, 0.5) is 0 Å². The minimum atomic E-state index is 0.778. The van der Waals surface area contributed by atoms with Crippen molar-refractivity contribution in [1.82, 2.24) is 0 Å². The standard InChI is InChI=1S/C11H20/c1-5-7-8-11(4)9-10(3)6-2/h6,11H,2-3,5,7-9H2,1,4H3. The van der Waals surface area contributed by atoms with Crippen molar-refractivity contribution in [1.29, 1.82) is 0 Å². The Labute approximate surface area is 71.0 Å². The molecule has 0 bridgehead atoms. The van der Waals surface area contributed by atoms with Crippen molar-refractivity contribution < 1.29 is 0 Å². The zero-order valence-corrected chi connectivity index (χ0v) is 7.90. The third kappa shape index (κ3) is 5.90. The lowest BCUT2D eigenvalue weighted by Crippen LogP contribution is -1.94. The molecule has 1 atom stereocenters. The summed E-state index contributed by atoms with van der Waals surface area (Å²) in [4.78, 5) is 0. The Morgan fingerprint density at radius 3 is 2.64 bits per heavy atom. The molecule has 0 spiro atoms. The summed E-state index contributed by atoms with van der Waals surface area (Å²) in [6.45, 7) is 12.1. The maximum Gasteiger partial charge on any atom is -0.0259 e. The molecule has 0 nitrogen and oxygen atoms in total. The van der Waals surface area contributed by atoms with E-state index in [1.165, 1.54) is 24.8 Å². The van der Waals surface area contributed by atoms with Gasteiger partial charge in [0.2, 0.25) is 0 Å². The predicted molar refractivity (Wildman–Crippen MR) is 52.6 cm³/mol. The third-order valence-corrected chi connectivity index (χ3v) is 1.95. The summed E-state index contributed by atoms with van der Waals surface area (Å²) >= 11 is 0. The maximum absolute atomic E-state index is 3.90. The number of hydrogen-bond donors (Lipinski definition) is 0. The molecule has 0 aromatic rings. The second kappa shape index (κ2) is 6.21. The minimum absolute atomic E-state index is 0.778. The molecule has 0 aromatic heterocycles. The molecule has 64 valence electrons. The van der Waals surface area contributed by atoms with Crippen LogP contribution in [0, 0.1) is 5.92 Å². The fourth-order valence-electron chi connectivity index (χ4n) is 1.19. The average molecular weight is 152 g/mol. The Morgan fingerprint density at radius 1 is 1.55 bits per heavy atom.